The molecule has 0 unspecified atom stereocenters. The number of nitrogens with zero attached hydrogens (tertiary/aromatic N) is 1. The van der Waals surface area contributed by atoms with Gasteiger partial charge in [0.25, 0.3) is 0 Å². The minimum atomic E-state index is -1.04. The fourth-order valence-electron chi connectivity index (χ4n) is 1.81. The van der Waals surface area contributed by atoms with Gasteiger partial charge in [-0.1, -0.05) is 12.1 Å². The molecular formula is C15H15NO3. The van der Waals surface area contributed by atoms with Gasteiger partial charge in [0.1, 0.15) is 11.3 Å². The largest absolute Gasteiger partial charge is 0.477 e. The molecule has 19 heavy (non-hydrogen) atoms. The first-order valence-corrected chi connectivity index (χ1v) is 5.93. The second-order valence-corrected chi connectivity index (χ2v) is 4.41. The second kappa shape index (κ2) is 5.10. The van der Waals surface area contributed by atoms with Crippen molar-refractivity contribution in [1.82, 2.24) is 4.98 Å². The molecule has 0 saturated heterocycles. The number of aryl methyl sites for hydroxylation is 2. The van der Waals surface area contributed by atoms with E-state index in [4.69, 9.17) is 4.74 Å². The van der Waals surface area contributed by atoms with Crippen LogP contribution in [0.5, 0.6) is 11.6 Å². The van der Waals surface area contributed by atoms with E-state index in [1.54, 1.807) is 25.3 Å². The number of carboxylic acids is 1. The summed E-state index contributed by atoms with van der Waals surface area (Å²) in [5.41, 5.74) is 2.79. The number of hydrogen-bond donors (Lipinski definition) is 1. The number of aromatic nitrogens is 1. The molecule has 0 radical (unpaired) electrons. The number of hydrogen-bond acceptors (Lipinski definition) is 3. The molecule has 0 fully saturated rings. The molecule has 0 saturated carbocycles. The molecule has 0 spiro atoms. The summed E-state index contributed by atoms with van der Waals surface area (Å²) in [5.74, 6) is -0.285. The van der Waals surface area contributed by atoms with E-state index in [9.17, 15) is 9.90 Å². The van der Waals surface area contributed by atoms with Crippen molar-refractivity contribution in [3.63, 3.8) is 0 Å². The van der Waals surface area contributed by atoms with Crippen LogP contribution in [0, 0.1) is 20.8 Å². The fourth-order valence-corrected chi connectivity index (χ4v) is 1.81. The predicted molar refractivity (Wildman–Crippen MR) is 71.9 cm³/mol. The molecule has 98 valence electrons. The van der Waals surface area contributed by atoms with E-state index in [1.807, 2.05) is 26.0 Å². The molecule has 1 N–H and O–H groups in total. The standard InChI is InChI=1S/C15H15NO3/c1-9-5-4-6-12(11(9)3)19-14-13(15(17)18)10(2)7-8-16-14/h4-8H,1-3H3,(H,17,18). The number of carboxylic acid groups (broad SMARTS) is 1. The van der Waals surface area contributed by atoms with Crippen LogP contribution in [0.25, 0.3) is 0 Å². The number of aromatic carboxylic acids is 1. The van der Waals surface area contributed by atoms with Gasteiger partial charge in [-0.05, 0) is 49.6 Å². The lowest BCUT2D eigenvalue weighted by atomic mass is 10.1. The topological polar surface area (TPSA) is 59.4 Å². The Hall–Kier alpha value is -2.36. The van der Waals surface area contributed by atoms with Crippen molar-refractivity contribution >= 4 is 5.97 Å². The van der Waals surface area contributed by atoms with Gasteiger partial charge in [-0.3, -0.25) is 0 Å². The Bertz CT molecular complexity index is 635. The average Bonchev–Trinajstić information content (AvgIpc) is 2.34. The maximum atomic E-state index is 11.3. The molecule has 4 nitrogen and oxygen atoms in total. The summed E-state index contributed by atoms with van der Waals surface area (Å²) in [6.07, 6.45) is 1.54. The minimum absolute atomic E-state index is 0.100. The molecular weight excluding hydrogens is 242 g/mol. The molecule has 1 aromatic heterocycles. The lowest BCUT2D eigenvalue weighted by Crippen LogP contribution is -2.05. The molecule has 2 aromatic rings. The predicted octanol–water partition coefficient (Wildman–Crippen LogP) is 3.50. The number of pyridine rings is 1. The zero-order valence-electron chi connectivity index (χ0n) is 11.1. The summed E-state index contributed by atoms with van der Waals surface area (Å²) in [6.45, 7) is 5.63. The number of benzene rings is 1. The van der Waals surface area contributed by atoms with Crippen LogP contribution >= 0.6 is 0 Å². The molecule has 0 bridgehead atoms. The molecule has 0 aliphatic rings. The zero-order valence-corrected chi connectivity index (χ0v) is 11.1. The smallest absolute Gasteiger partial charge is 0.341 e. The summed E-state index contributed by atoms with van der Waals surface area (Å²) in [7, 11) is 0. The van der Waals surface area contributed by atoms with Gasteiger partial charge in [0.15, 0.2) is 0 Å². The molecule has 4 heteroatoms. The summed E-state index contributed by atoms with van der Waals surface area (Å²) in [4.78, 5) is 15.3. The molecule has 1 aromatic carbocycles. The van der Waals surface area contributed by atoms with Crippen LogP contribution in [0.4, 0.5) is 0 Å². The van der Waals surface area contributed by atoms with Crippen molar-refractivity contribution in [2.75, 3.05) is 0 Å². The highest BCUT2D eigenvalue weighted by molar-refractivity contribution is 5.91. The van der Waals surface area contributed by atoms with Gasteiger partial charge in [0.05, 0.1) is 0 Å². The Balaban J connectivity index is 2.47. The van der Waals surface area contributed by atoms with Gasteiger partial charge < -0.3 is 9.84 Å². The molecule has 1 heterocycles. The zero-order chi connectivity index (χ0) is 14.0. The summed E-state index contributed by atoms with van der Waals surface area (Å²) < 4.78 is 5.67. The van der Waals surface area contributed by atoms with Crippen LogP contribution < -0.4 is 4.74 Å². The molecule has 2 rings (SSSR count). The Morgan fingerprint density at radius 2 is 1.89 bits per heavy atom. The Labute approximate surface area is 111 Å². The van der Waals surface area contributed by atoms with Crippen molar-refractivity contribution in [1.29, 1.82) is 0 Å². The lowest BCUT2D eigenvalue weighted by molar-refractivity contribution is 0.0692. The number of carbonyl (C=O) groups is 1. The van der Waals surface area contributed by atoms with Crippen LogP contribution in [0.3, 0.4) is 0 Å². The first-order chi connectivity index (χ1) is 9.00. The quantitative estimate of drug-likeness (QED) is 0.914. The third kappa shape index (κ3) is 2.57. The SMILES string of the molecule is Cc1cccc(Oc2nccc(C)c2C(=O)O)c1C. The van der Waals surface area contributed by atoms with Crippen LogP contribution in [0.2, 0.25) is 0 Å². The highest BCUT2D eigenvalue weighted by Gasteiger charge is 2.17. The van der Waals surface area contributed by atoms with Gasteiger partial charge in [-0.25, -0.2) is 9.78 Å². The lowest BCUT2D eigenvalue weighted by Gasteiger charge is -2.12. The third-order valence-corrected chi connectivity index (χ3v) is 3.10. The van der Waals surface area contributed by atoms with Crippen LogP contribution in [-0.4, -0.2) is 16.1 Å². The van der Waals surface area contributed by atoms with Crippen molar-refractivity contribution in [2.45, 2.75) is 20.8 Å². The van der Waals surface area contributed by atoms with Crippen molar-refractivity contribution in [3.05, 3.63) is 52.7 Å². The van der Waals surface area contributed by atoms with Crippen molar-refractivity contribution in [3.8, 4) is 11.6 Å². The summed E-state index contributed by atoms with van der Waals surface area (Å²) in [6, 6.07) is 7.30. The minimum Gasteiger partial charge on any atom is -0.477 e. The molecule has 0 aliphatic carbocycles. The van der Waals surface area contributed by atoms with E-state index in [2.05, 4.69) is 4.98 Å². The maximum absolute atomic E-state index is 11.3. The van der Waals surface area contributed by atoms with Crippen LogP contribution in [-0.2, 0) is 0 Å². The highest BCUT2D eigenvalue weighted by Crippen LogP contribution is 2.28. The van der Waals surface area contributed by atoms with E-state index >= 15 is 0 Å². The normalized spacial score (nSPS) is 10.3. The number of rotatable bonds is 3. The monoisotopic (exact) mass is 257 g/mol. The first kappa shape index (κ1) is 13.1. The fraction of sp³-hybridized carbons (Fsp3) is 0.200. The van der Waals surface area contributed by atoms with E-state index in [0.717, 1.165) is 11.1 Å². The van der Waals surface area contributed by atoms with Gasteiger partial charge >= 0.3 is 5.97 Å². The Morgan fingerprint density at radius 1 is 1.16 bits per heavy atom. The molecule has 0 amide bonds. The summed E-state index contributed by atoms with van der Waals surface area (Å²) in [5, 5.41) is 9.23. The van der Waals surface area contributed by atoms with Crippen LogP contribution in [0.1, 0.15) is 27.0 Å². The van der Waals surface area contributed by atoms with E-state index < -0.39 is 5.97 Å². The Morgan fingerprint density at radius 3 is 2.58 bits per heavy atom. The number of ether oxygens (including phenoxy) is 1. The van der Waals surface area contributed by atoms with Crippen molar-refractivity contribution < 1.29 is 14.6 Å². The van der Waals surface area contributed by atoms with Gasteiger partial charge in [-0.2, -0.15) is 0 Å². The van der Waals surface area contributed by atoms with Crippen molar-refractivity contribution in [2.24, 2.45) is 0 Å². The maximum Gasteiger partial charge on any atom is 0.341 e. The first-order valence-electron chi connectivity index (χ1n) is 5.93. The van der Waals surface area contributed by atoms with Gasteiger partial charge in [0, 0.05) is 6.20 Å². The van der Waals surface area contributed by atoms with Gasteiger partial charge in [-0.15, -0.1) is 0 Å². The highest BCUT2D eigenvalue weighted by atomic mass is 16.5. The Kier molecular flexibility index (Phi) is 3.51. The molecule has 0 atom stereocenters. The van der Waals surface area contributed by atoms with E-state index in [1.165, 1.54) is 0 Å². The van der Waals surface area contributed by atoms with E-state index in [0.29, 0.717) is 11.3 Å². The van der Waals surface area contributed by atoms with E-state index in [-0.39, 0.29) is 11.4 Å². The average molecular weight is 257 g/mol. The third-order valence-electron chi connectivity index (χ3n) is 3.10. The van der Waals surface area contributed by atoms with Crippen LogP contribution in [0.15, 0.2) is 30.5 Å². The summed E-state index contributed by atoms with van der Waals surface area (Å²) >= 11 is 0. The van der Waals surface area contributed by atoms with Gasteiger partial charge in [0.2, 0.25) is 5.88 Å². The molecule has 0 aliphatic heterocycles. The second-order valence-electron chi connectivity index (χ2n) is 4.41.